The number of hydrogen-bond donors (Lipinski definition) is 2. The van der Waals surface area contributed by atoms with Crippen LogP contribution >= 0.6 is 35.1 Å². The fourth-order valence-electron chi connectivity index (χ4n) is 6.69. The van der Waals surface area contributed by atoms with Crippen LogP contribution in [0.15, 0.2) is 59.5 Å². The second kappa shape index (κ2) is 13.0. The van der Waals surface area contributed by atoms with Crippen LogP contribution in [0.5, 0.6) is 5.75 Å². The van der Waals surface area contributed by atoms with Crippen molar-refractivity contribution >= 4 is 62.8 Å². The molecule has 0 spiro atoms. The monoisotopic (exact) mass is 685 g/mol. The van der Waals surface area contributed by atoms with E-state index in [1.54, 1.807) is 28.1 Å². The van der Waals surface area contributed by atoms with Crippen LogP contribution in [0.2, 0.25) is 5.02 Å². The number of H-pyrrole nitrogens is 1. The minimum absolute atomic E-state index is 0.236. The Morgan fingerprint density at radius 2 is 1.89 bits per heavy atom. The molecule has 3 aromatic carbocycles. The van der Waals surface area contributed by atoms with Gasteiger partial charge in [-0.15, -0.1) is 23.5 Å². The molecule has 2 N–H and O–H groups in total. The number of benzene rings is 3. The van der Waals surface area contributed by atoms with Crippen molar-refractivity contribution < 1.29 is 14.6 Å². The number of aromatic carboxylic acids is 1. The van der Waals surface area contributed by atoms with Crippen LogP contribution in [0.25, 0.3) is 32.8 Å². The van der Waals surface area contributed by atoms with Crippen molar-refractivity contribution in [3.05, 3.63) is 93.7 Å². The Labute approximate surface area is 286 Å². The first-order valence-corrected chi connectivity index (χ1v) is 18.2. The minimum atomic E-state index is -0.966. The molecule has 0 unspecified atom stereocenters. The maximum atomic E-state index is 12.7. The third-order valence-electron chi connectivity index (χ3n) is 8.74. The van der Waals surface area contributed by atoms with Gasteiger partial charge in [0.2, 0.25) is 0 Å². The number of aromatic nitrogens is 5. The van der Waals surface area contributed by atoms with Crippen LogP contribution in [-0.4, -0.2) is 42.2 Å². The standard InChI is InChI=1S/C36H36ClN5O3S2/c1-20(2)42-24-15-23(40-42)17-46-19-30-32(21(3)38-39-30)33-29(37)12-11-28-27(35(36(43)44)41(4)34(28)33)10-7-13-45-31-16-25(47-18-24)14-22-8-5-6-9-26(22)31/h5-6,8-9,11-12,14-16,20H,7,10,13,17-19H2,1-4H3,(H,38,39)(H,43,44). The molecule has 0 aliphatic carbocycles. The van der Waals surface area contributed by atoms with E-state index in [2.05, 4.69) is 59.1 Å². The maximum absolute atomic E-state index is 12.7. The van der Waals surface area contributed by atoms with E-state index in [-0.39, 0.29) is 11.7 Å². The second-order valence-electron chi connectivity index (χ2n) is 12.2. The van der Waals surface area contributed by atoms with E-state index < -0.39 is 5.97 Å². The average molecular weight is 686 g/mol. The summed E-state index contributed by atoms with van der Waals surface area (Å²) in [5.41, 5.74) is 7.55. The van der Waals surface area contributed by atoms with Crippen LogP contribution in [-0.2, 0) is 30.7 Å². The number of carboxylic acids is 1. The van der Waals surface area contributed by atoms with Crippen LogP contribution in [0.4, 0.5) is 0 Å². The van der Waals surface area contributed by atoms with E-state index in [1.807, 2.05) is 38.2 Å². The van der Waals surface area contributed by atoms with E-state index in [9.17, 15) is 9.90 Å². The first kappa shape index (κ1) is 31.7. The Bertz CT molecular complexity index is 2150. The molecule has 8 nitrogen and oxygen atoms in total. The van der Waals surface area contributed by atoms with Crippen LogP contribution in [0, 0.1) is 6.92 Å². The van der Waals surface area contributed by atoms with Crippen molar-refractivity contribution in [1.82, 2.24) is 24.5 Å². The van der Waals surface area contributed by atoms with Gasteiger partial charge < -0.3 is 14.4 Å². The normalized spacial score (nSPS) is 14.3. The highest BCUT2D eigenvalue weighted by molar-refractivity contribution is 7.98. The molecule has 0 fully saturated rings. The number of nitrogens with one attached hydrogen (secondary N) is 1. The van der Waals surface area contributed by atoms with Gasteiger partial charge in [0.1, 0.15) is 11.4 Å². The van der Waals surface area contributed by atoms with Gasteiger partial charge in [0.15, 0.2) is 0 Å². The molecule has 0 radical (unpaired) electrons. The summed E-state index contributed by atoms with van der Waals surface area (Å²) in [6, 6.07) is 18.9. The summed E-state index contributed by atoms with van der Waals surface area (Å²) in [7, 11) is 1.81. The van der Waals surface area contributed by atoms with E-state index in [4.69, 9.17) is 21.4 Å². The molecular formula is C36H36ClN5O3S2. The van der Waals surface area contributed by atoms with Crippen LogP contribution < -0.4 is 4.74 Å². The smallest absolute Gasteiger partial charge is 0.352 e. The number of thioether (sulfide) groups is 2. The minimum Gasteiger partial charge on any atom is -0.493 e. The van der Waals surface area contributed by atoms with E-state index >= 15 is 0 Å². The molecule has 4 heterocycles. The lowest BCUT2D eigenvalue weighted by Crippen LogP contribution is -2.09. The number of carboxylic acid groups (broad SMARTS) is 1. The third-order valence-corrected chi connectivity index (χ3v) is 11.0. The Morgan fingerprint density at radius 1 is 1.06 bits per heavy atom. The van der Waals surface area contributed by atoms with E-state index in [0.717, 1.165) is 77.6 Å². The summed E-state index contributed by atoms with van der Waals surface area (Å²) >= 11 is 10.5. The first-order valence-electron chi connectivity index (χ1n) is 15.7. The van der Waals surface area contributed by atoms with Gasteiger partial charge in [-0.2, -0.15) is 10.2 Å². The van der Waals surface area contributed by atoms with E-state index in [0.29, 0.717) is 30.2 Å². The molecule has 0 atom stereocenters. The van der Waals surface area contributed by atoms with Gasteiger partial charge in [-0.25, -0.2) is 4.79 Å². The lowest BCUT2D eigenvalue weighted by atomic mass is 9.98. The summed E-state index contributed by atoms with van der Waals surface area (Å²) < 4.78 is 10.4. The number of fused-ring (bicyclic) bond motifs is 8. The Hall–Kier alpha value is -3.86. The molecule has 11 heteroatoms. The van der Waals surface area contributed by atoms with Gasteiger partial charge in [-0.05, 0) is 68.8 Å². The van der Waals surface area contributed by atoms with E-state index in [1.165, 1.54) is 5.69 Å². The van der Waals surface area contributed by atoms with Crippen molar-refractivity contribution in [3.63, 3.8) is 0 Å². The summed E-state index contributed by atoms with van der Waals surface area (Å²) in [4.78, 5) is 13.8. The van der Waals surface area contributed by atoms with Gasteiger partial charge in [-0.3, -0.25) is 9.78 Å². The summed E-state index contributed by atoms with van der Waals surface area (Å²) in [6.45, 7) is 6.76. The number of rotatable bonds is 2. The fourth-order valence-corrected chi connectivity index (χ4v) is 8.72. The highest BCUT2D eigenvalue weighted by atomic mass is 35.5. The Morgan fingerprint density at radius 3 is 2.70 bits per heavy atom. The Kier molecular flexibility index (Phi) is 8.76. The number of carbonyl (C=O) groups is 1. The zero-order valence-corrected chi connectivity index (χ0v) is 29.2. The molecule has 47 heavy (non-hydrogen) atoms. The zero-order chi connectivity index (χ0) is 32.8. The zero-order valence-electron chi connectivity index (χ0n) is 26.8. The van der Waals surface area contributed by atoms with Gasteiger partial charge in [0.25, 0.3) is 0 Å². The third kappa shape index (κ3) is 5.91. The summed E-state index contributed by atoms with van der Waals surface area (Å²) in [5.74, 6) is 2.02. The SMILES string of the molecule is Cc1[nH]nc2c1-c1c(Cl)ccc3c(c(C(=O)O)n(C)c13)CCCOc1cc(cc3ccccc13)SCc1cc(nn1C(C)C)CSC2. The second-order valence-corrected chi connectivity index (χ2v) is 14.7. The number of ether oxygens (including phenoxy) is 1. The number of halogens is 1. The number of hydrogen-bond acceptors (Lipinski definition) is 6. The van der Waals surface area contributed by atoms with Gasteiger partial charge in [0.05, 0.1) is 28.5 Å². The highest BCUT2D eigenvalue weighted by Gasteiger charge is 2.27. The summed E-state index contributed by atoms with van der Waals surface area (Å²) in [6.07, 6.45) is 1.19. The molecule has 8 bridgehead atoms. The highest BCUT2D eigenvalue weighted by Crippen LogP contribution is 2.42. The molecule has 0 saturated carbocycles. The van der Waals surface area contributed by atoms with Crippen molar-refractivity contribution in [1.29, 1.82) is 0 Å². The Balaban J connectivity index is 1.35. The molecular weight excluding hydrogens is 650 g/mol. The lowest BCUT2D eigenvalue weighted by molar-refractivity contribution is 0.0685. The van der Waals surface area contributed by atoms with Gasteiger partial charge in [-0.1, -0.05) is 41.9 Å². The first-order chi connectivity index (χ1) is 22.7. The van der Waals surface area contributed by atoms with Crippen molar-refractivity contribution in [2.24, 2.45) is 7.05 Å². The largest absolute Gasteiger partial charge is 0.493 e. The van der Waals surface area contributed by atoms with Crippen molar-refractivity contribution in [2.75, 3.05) is 6.61 Å². The topological polar surface area (TPSA) is 98.0 Å². The quantitative estimate of drug-likeness (QED) is 0.188. The van der Waals surface area contributed by atoms with Gasteiger partial charge in [0, 0.05) is 68.5 Å². The van der Waals surface area contributed by atoms with Gasteiger partial charge >= 0.3 is 5.97 Å². The molecule has 7 rings (SSSR count). The van der Waals surface area contributed by atoms with Crippen molar-refractivity contribution in [3.8, 4) is 16.9 Å². The molecule has 6 aromatic rings. The molecule has 1 aliphatic rings. The predicted molar refractivity (Wildman–Crippen MR) is 192 cm³/mol. The lowest BCUT2D eigenvalue weighted by Gasteiger charge is -2.13. The fraction of sp³-hybridized carbons (Fsp3) is 0.306. The average Bonchev–Trinajstić information content (AvgIpc) is 3.71. The molecule has 0 saturated heterocycles. The number of aromatic amines is 1. The molecule has 0 amide bonds. The number of aryl methyl sites for hydroxylation is 3. The summed E-state index contributed by atoms with van der Waals surface area (Å²) in [5, 5.41) is 26.9. The maximum Gasteiger partial charge on any atom is 0.352 e. The van der Waals surface area contributed by atoms with Crippen molar-refractivity contribution in [2.45, 2.75) is 61.8 Å². The molecule has 1 aliphatic heterocycles. The van der Waals surface area contributed by atoms with Crippen LogP contribution in [0.3, 0.4) is 0 Å². The predicted octanol–water partition coefficient (Wildman–Crippen LogP) is 9.21. The number of nitrogens with zero attached hydrogens (tertiary/aromatic N) is 4. The molecule has 242 valence electrons. The molecule has 3 aromatic heterocycles. The van der Waals surface area contributed by atoms with Crippen LogP contribution in [0.1, 0.15) is 65.1 Å².